The highest BCUT2D eigenvalue weighted by atomic mass is 16.4. The summed E-state index contributed by atoms with van der Waals surface area (Å²) in [6.45, 7) is 0. The van der Waals surface area contributed by atoms with Gasteiger partial charge in [-0.15, -0.1) is 0 Å². The molecule has 0 bridgehead atoms. The van der Waals surface area contributed by atoms with Gasteiger partial charge in [0.05, 0.1) is 6.10 Å². The van der Waals surface area contributed by atoms with Crippen molar-refractivity contribution in [2.45, 2.75) is 25.0 Å². The van der Waals surface area contributed by atoms with Gasteiger partial charge >= 0.3 is 5.97 Å². The molecule has 0 aliphatic heterocycles. The molecule has 2 aromatic rings. The maximum Gasteiger partial charge on any atom is 0.353 e. The number of nitrogens with zero attached hydrogens (tertiary/aromatic N) is 1. The summed E-state index contributed by atoms with van der Waals surface area (Å²) in [7, 11) is 0. The molecule has 1 aromatic heterocycles. The molecule has 2 aliphatic rings. The van der Waals surface area contributed by atoms with Gasteiger partial charge in [-0.3, -0.25) is 0 Å². The van der Waals surface area contributed by atoms with Crippen LogP contribution in [-0.4, -0.2) is 20.7 Å². The summed E-state index contributed by atoms with van der Waals surface area (Å²) in [5, 5.41) is 19.7. The van der Waals surface area contributed by atoms with Crippen molar-refractivity contribution in [3.05, 3.63) is 65.0 Å². The minimum absolute atomic E-state index is 0.312. The van der Waals surface area contributed by atoms with Crippen molar-refractivity contribution in [3.8, 4) is 0 Å². The summed E-state index contributed by atoms with van der Waals surface area (Å²) < 4.78 is 1.85. The minimum Gasteiger partial charge on any atom is -0.477 e. The van der Waals surface area contributed by atoms with Crippen LogP contribution in [0.5, 0.6) is 0 Å². The topological polar surface area (TPSA) is 62.5 Å². The van der Waals surface area contributed by atoms with Gasteiger partial charge in [-0.05, 0) is 41.7 Å². The van der Waals surface area contributed by atoms with Crippen LogP contribution in [-0.2, 0) is 0 Å². The quantitative estimate of drug-likeness (QED) is 0.909. The van der Waals surface area contributed by atoms with Gasteiger partial charge < -0.3 is 14.8 Å². The standard InChI is InChI=1S/C17H15NO3/c19-15-9-14(11-3-1-2-4-12(11)15)13-7-8-18(10-5-6-10)16(13)17(20)21/h1-4,7-10,15,19H,5-6H2,(H,20,21). The summed E-state index contributed by atoms with van der Waals surface area (Å²) in [6.07, 6.45) is 5.00. The first-order valence-corrected chi connectivity index (χ1v) is 7.10. The first kappa shape index (κ1) is 12.4. The predicted octanol–water partition coefficient (Wildman–Crippen LogP) is 3.00. The molecule has 0 radical (unpaired) electrons. The molecule has 4 nitrogen and oxygen atoms in total. The van der Waals surface area contributed by atoms with Crippen LogP contribution in [0.4, 0.5) is 0 Å². The van der Waals surface area contributed by atoms with E-state index in [4.69, 9.17) is 0 Å². The minimum atomic E-state index is -0.915. The molecular formula is C17H15NO3. The van der Waals surface area contributed by atoms with Gasteiger partial charge in [0.25, 0.3) is 0 Å². The summed E-state index contributed by atoms with van der Waals surface area (Å²) in [4.78, 5) is 11.7. The van der Waals surface area contributed by atoms with Gasteiger partial charge in [0.1, 0.15) is 5.69 Å². The molecule has 1 saturated carbocycles. The molecule has 1 fully saturated rings. The third-order valence-corrected chi connectivity index (χ3v) is 4.24. The highest BCUT2D eigenvalue weighted by molar-refractivity contribution is 5.97. The number of carbonyl (C=O) groups is 1. The van der Waals surface area contributed by atoms with Crippen molar-refractivity contribution in [1.82, 2.24) is 4.57 Å². The Morgan fingerprint density at radius 2 is 1.90 bits per heavy atom. The van der Waals surface area contributed by atoms with Crippen LogP contribution in [0.15, 0.2) is 42.6 Å². The fourth-order valence-corrected chi connectivity index (χ4v) is 3.12. The Morgan fingerprint density at radius 3 is 2.62 bits per heavy atom. The number of benzene rings is 1. The Bertz CT molecular complexity index is 768. The maximum atomic E-state index is 11.7. The van der Waals surface area contributed by atoms with Crippen LogP contribution < -0.4 is 0 Å². The number of aliphatic hydroxyl groups excluding tert-OH is 1. The first-order chi connectivity index (χ1) is 10.2. The number of fused-ring (bicyclic) bond motifs is 1. The number of aromatic carboxylic acids is 1. The third kappa shape index (κ3) is 1.83. The van der Waals surface area contributed by atoms with Gasteiger partial charge in [-0.25, -0.2) is 4.79 Å². The molecule has 4 rings (SSSR count). The van der Waals surface area contributed by atoms with Crippen molar-refractivity contribution in [1.29, 1.82) is 0 Å². The number of hydrogen-bond donors (Lipinski definition) is 2. The van der Waals surface area contributed by atoms with Gasteiger partial charge in [0.15, 0.2) is 0 Å². The van der Waals surface area contributed by atoms with E-state index in [1.54, 1.807) is 6.08 Å². The van der Waals surface area contributed by atoms with Crippen LogP contribution in [0.2, 0.25) is 0 Å². The smallest absolute Gasteiger partial charge is 0.353 e. The number of carboxylic acid groups (broad SMARTS) is 1. The summed E-state index contributed by atoms with van der Waals surface area (Å²) in [5.41, 5.74) is 3.59. The van der Waals surface area contributed by atoms with E-state index in [2.05, 4.69) is 0 Å². The van der Waals surface area contributed by atoms with E-state index in [0.29, 0.717) is 17.3 Å². The van der Waals surface area contributed by atoms with Crippen molar-refractivity contribution in [3.63, 3.8) is 0 Å². The normalized spacial score (nSPS) is 20.2. The van der Waals surface area contributed by atoms with Crippen LogP contribution in [0.1, 0.15) is 52.2 Å². The average molecular weight is 281 g/mol. The van der Waals surface area contributed by atoms with E-state index in [1.807, 2.05) is 41.1 Å². The molecule has 1 unspecified atom stereocenters. The number of aliphatic hydroxyl groups is 1. The molecule has 0 amide bonds. The van der Waals surface area contributed by atoms with Crippen molar-refractivity contribution in [2.24, 2.45) is 0 Å². The van der Waals surface area contributed by atoms with E-state index in [1.165, 1.54) is 0 Å². The van der Waals surface area contributed by atoms with E-state index in [9.17, 15) is 15.0 Å². The predicted molar refractivity (Wildman–Crippen MR) is 78.1 cm³/mol. The van der Waals surface area contributed by atoms with Crippen molar-refractivity contribution < 1.29 is 15.0 Å². The lowest BCUT2D eigenvalue weighted by Crippen LogP contribution is -2.09. The van der Waals surface area contributed by atoms with Crippen LogP contribution in [0, 0.1) is 0 Å². The van der Waals surface area contributed by atoms with Crippen LogP contribution in [0.3, 0.4) is 0 Å². The van der Waals surface area contributed by atoms with E-state index in [-0.39, 0.29) is 0 Å². The largest absolute Gasteiger partial charge is 0.477 e. The SMILES string of the molecule is O=C(O)c1c(C2=CC(O)c3ccccc32)ccn1C1CC1. The van der Waals surface area contributed by atoms with Gasteiger partial charge in [-0.1, -0.05) is 24.3 Å². The van der Waals surface area contributed by atoms with Crippen molar-refractivity contribution in [2.75, 3.05) is 0 Å². The summed E-state index contributed by atoms with van der Waals surface area (Å²) in [5.74, 6) is -0.915. The van der Waals surface area contributed by atoms with Gasteiger partial charge in [0.2, 0.25) is 0 Å². The van der Waals surface area contributed by atoms with Crippen molar-refractivity contribution >= 4 is 11.5 Å². The van der Waals surface area contributed by atoms with Gasteiger partial charge in [-0.2, -0.15) is 0 Å². The second-order valence-electron chi connectivity index (χ2n) is 5.63. The lowest BCUT2D eigenvalue weighted by atomic mass is 9.99. The average Bonchev–Trinajstić information content (AvgIpc) is 3.14. The molecule has 0 spiro atoms. The molecule has 106 valence electrons. The van der Waals surface area contributed by atoms with Crippen LogP contribution >= 0.6 is 0 Å². The zero-order chi connectivity index (χ0) is 14.6. The second-order valence-corrected chi connectivity index (χ2v) is 5.63. The monoisotopic (exact) mass is 281 g/mol. The second kappa shape index (κ2) is 4.33. The van der Waals surface area contributed by atoms with E-state index in [0.717, 1.165) is 29.5 Å². The Hall–Kier alpha value is -2.33. The maximum absolute atomic E-state index is 11.7. The Morgan fingerprint density at radius 1 is 1.14 bits per heavy atom. The summed E-state index contributed by atoms with van der Waals surface area (Å²) >= 11 is 0. The number of rotatable bonds is 3. The molecule has 21 heavy (non-hydrogen) atoms. The molecule has 1 aromatic carbocycles. The molecule has 4 heteroatoms. The van der Waals surface area contributed by atoms with E-state index < -0.39 is 12.1 Å². The summed E-state index contributed by atoms with van der Waals surface area (Å²) in [6, 6.07) is 9.75. The Labute approximate surface area is 122 Å². The Balaban J connectivity index is 1.88. The Kier molecular flexibility index (Phi) is 2.56. The number of aromatic nitrogens is 1. The van der Waals surface area contributed by atoms with E-state index >= 15 is 0 Å². The first-order valence-electron chi connectivity index (χ1n) is 7.10. The molecular weight excluding hydrogens is 266 g/mol. The molecule has 2 aliphatic carbocycles. The van der Waals surface area contributed by atoms with Crippen LogP contribution in [0.25, 0.3) is 5.57 Å². The fourth-order valence-electron chi connectivity index (χ4n) is 3.12. The highest BCUT2D eigenvalue weighted by Gasteiger charge is 2.32. The lowest BCUT2D eigenvalue weighted by molar-refractivity contribution is 0.0684. The van der Waals surface area contributed by atoms with Gasteiger partial charge in [0, 0.05) is 17.8 Å². The molecule has 1 atom stereocenters. The number of carboxylic acids is 1. The fraction of sp³-hybridized carbons (Fsp3) is 0.235. The lowest BCUT2D eigenvalue weighted by Gasteiger charge is -2.08. The highest BCUT2D eigenvalue weighted by Crippen LogP contribution is 2.42. The number of hydrogen-bond acceptors (Lipinski definition) is 2. The molecule has 2 N–H and O–H groups in total. The molecule has 0 saturated heterocycles. The zero-order valence-corrected chi connectivity index (χ0v) is 11.4. The zero-order valence-electron chi connectivity index (χ0n) is 11.4. The third-order valence-electron chi connectivity index (χ3n) is 4.24. The molecule has 1 heterocycles.